The molecule has 0 spiro atoms. The van der Waals surface area contributed by atoms with Crippen molar-refractivity contribution in [2.24, 2.45) is 0 Å². The zero-order valence-electron chi connectivity index (χ0n) is 16.4. The molecule has 150 valence electrons. The molecule has 1 saturated carbocycles. The van der Waals surface area contributed by atoms with Crippen molar-refractivity contribution < 1.29 is 18.7 Å². The number of aryl methyl sites for hydroxylation is 1. The number of benzene rings is 1. The summed E-state index contributed by atoms with van der Waals surface area (Å²) in [7, 11) is 1.60. The number of aromatic nitrogens is 1. The maximum atomic E-state index is 12.2. The Morgan fingerprint density at radius 3 is 2.75 bits per heavy atom. The maximum Gasteiger partial charge on any atom is 0.239 e. The fourth-order valence-electron chi connectivity index (χ4n) is 3.39. The molecular weight excluding hydrogens is 358 g/mol. The zero-order valence-corrected chi connectivity index (χ0v) is 16.4. The van der Waals surface area contributed by atoms with Crippen molar-refractivity contribution in [3.05, 3.63) is 35.7 Å². The zero-order chi connectivity index (χ0) is 19.9. The Morgan fingerprint density at radius 1 is 1.21 bits per heavy atom. The SMILES string of the molecule is COc1cccc(-c2nc(CC(=O)NCC(=O)NC3CCCCC3)c(C)o2)c1. The molecule has 1 fully saturated rings. The van der Waals surface area contributed by atoms with Crippen LogP contribution in [0.1, 0.15) is 43.6 Å². The first kappa shape index (κ1) is 19.9. The number of amides is 2. The summed E-state index contributed by atoms with van der Waals surface area (Å²) in [5.41, 5.74) is 1.34. The summed E-state index contributed by atoms with van der Waals surface area (Å²) in [5, 5.41) is 5.65. The molecule has 0 bridgehead atoms. The lowest BCUT2D eigenvalue weighted by Gasteiger charge is -2.22. The van der Waals surface area contributed by atoms with E-state index in [1.807, 2.05) is 24.3 Å². The molecule has 7 heteroatoms. The van der Waals surface area contributed by atoms with Crippen LogP contribution in [0, 0.1) is 6.92 Å². The number of ether oxygens (including phenoxy) is 1. The number of methoxy groups -OCH3 is 1. The van der Waals surface area contributed by atoms with Crippen molar-refractivity contribution in [1.29, 1.82) is 0 Å². The maximum absolute atomic E-state index is 12.2. The van der Waals surface area contributed by atoms with E-state index < -0.39 is 0 Å². The predicted octanol–water partition coefficient (Wildman–Crippen LogP) is 2.77. The predicted molar refractivity (Wildman–Crippen MR) is 105 cm³/mol. The standard InChI is InChI=1S/C21H27N3O4/c1-14-18(24-21(28-14)15-7-6-10-17(11-15)27-2)12-19(25)22-13-20(26)23-16-8-4-3-5-9-16/h6-7,10-11,16H,3-5,8-9,12-13H2,1-2H3,(H,22,25)(H,23,26). The van der Waals surface area contributed by atoms with Gasteiger partial charge in [-0.2, -0.15) is 0 Å². The number of nitrogens with zero attached hydrogens (tertiary/aromatic N) is 1. The highest BCUT2D eigenvalue weighted by Gasteiger charge is 2.18. The first-order valence-electron chi connectivity index (χ1n) is 9.72. The Morgan fingerprint density at radius 2 is 2.00 bits per heavy atom. The summed E-state index contributed by atoms with van der Waals surface area (Å²) in [4.78, 5) is 28.7. The van der Waals surface area contributed by atoms with E-state index in [0.717, 1.165) is 31.2 Å². The molecule has 0 atom stereocenters. The third-order valence-corrected chi connectivity index (χ3v) is 4.95. The third-order valence-electron chi connectivity index (χ3n) is 4.95. The van der Waals surface area contributed by atoms with Crippen LogP contribution in [0.3, 0.4) is 0 Å². The number of hydrogen-bond acceptors (Lipinski definition) is 5. The van der Waals surface area contributed by atoms with Crippen molar-refractivity contribution in [3.8, 4) is 17.2 Å². The minimum Gasteiger partial charge on any atom is -0.497 e. The lowest BCUT2D eigenvalue weighted by molar-refractivity contribution is -0.126. The largest absolute Gasteiger partial charge is 0.497 e. The van der Waals surface area contributed by atoms with Gasteiger partial charge in [0.05, 0.1) is 25.8 Å². The van der Waals surface area contributed by atoms with Crippen molar-refractivity contribution in [2.45, 2.75) is 51.5 Å². The molecule has 2 aromatic rings. The van der Waals surface area contributed by atoms with Crippen molar-refractivity contribution in [1.82, 2.24) is 15.6 Å². The van der Waals surface area contributed by atoms with Crippen LogP contribution in [0.2, 0.25) is 0 Å². The molecule has 1 aromatic heterocycles. The number of hydrogen-bond donors (Lipinski definition) is 2. The van der Waals surface area contributed by atoms with Crippen molar-refractivity contribution in [3.63, 3.8) is 0 Å². The van der Waals surface area contributed by atoms with E-state index in [9.17, 15) is 9.59 Å². The Balaban J connectivity index is 1.52. The molecular formula is C21H27N3O4. The van der Waals surface area contributed by atoms with Gasteiger partial charge in [-0.3, -0.25) is 9.59 Å². The van der Waals surface area contributed by atoms with Gasteiger partial charge in [0.1, 0.15) is 11.5 Å². The van der Waals surface area contributed by atoms with Crippen molar-refractivity contribution >= 4 is 11.8 Å². The second kappa shape index (κ2) is 9.39. The Labute approximate surface area is 164 Å². The minimum absolute atomic E-state index is 0.0189. The third kappa shape index (κ3) is 5.34. The number of rotatable bonds is 7. The van der Waals surface area contributed by atoms with Crippen LogP contribution in [0.25, 0.3) is 11.5 Å². The lowest BCUT2D eigenvalue weighted by Crippen LogP contribution is -2.43. The van der Waals surface area contributed by atoms with E-state index in [2.05, 4.69) is 15.6 Å². The van der Waals surface area contributed by atoms with Gasteiger partial charge in [0, 0.05) is 11.6 Å². The van der Waals surface area contributed by atoms with E-state index in [4.69, 9.17) is 9.15 Å². The van der Waals surface area contributed by atoms with Crippen LogP contribution >= 0.6 is 0 Å². The first-order valence-corrected chi connectivity index (χ1v) is 9.72. The molecule has 1 aromatic carbocycles. The fourth-order valence-corrected chi connectivity index (χ4v) is 3.39. The average molecular weight is 385 g/mol. The molecule has 1 aliphatic rings. The lowest BCUT2D eigenvalue weighted by atomic mass is 9.95. The van der Waals surface area contributed by atoms with E-state index in [0.29, 0.717) is 23.1 Å². The van der Waals surface area contributed by atoms with Gasteiger partial charge in [-0.25, -0.2) is 4.98 Å². The smallest absolute Gasteiger partial charge is 0.239 e. The van der Waals surface area contributed by atoms with Crippen LogP contribution in [0.4, 0.5) is 0 Å². The molecule has 0 unspecified atom stereocenters. The van der Waals surface area contributed by atoms with Gasteiger partial charge in [0.15, 0.2) is 0 Å². The van der Waals surface area contributed by atoms with Crippen LogP contribution in [0.15, 0.2) is 28.7 Å². The van der Waals surface area contributed by atoms with Gasteiger partial charge >= 0.3 is 0 Å². The molecule has 1 aliphatic carbocycles. The van der Waals surface area contributed by atoms with Crippen LogP contribution < -0.4 is 15.4 Å². The first-order chi connectivity index (χ1) is 13.5. The molecule has 0 radical (unpaired) electrons. The molecule has 28 heavy (non-hydrogen) atoms. The highest BCUT2D eigenvalue weighted by molar-refractivity contribution is 5.85. The number of nitrogens with one attached hydrogen (secondary N) is 2. The van der Waals surface area contributed by atoms with Crippen LogP contribution in [-0.4, -0.2) is 36.5 Å². The van der Waals surface area contributed by atoms with Crippen molar-refractivity contribution in [2.75, 3.05) is 13.7 Å². The quantitative estimate of drug-likeness (QED) is 0.764. The molecule has 2 amide bonds. The number of carbonyl (C=O) groups is 2. The minimum atomic E-state index is -0.257. The topological polar surface area (TPSA) is 93.5 Å². The summed E-state index contributed by atoms with van der Waals surface area (Å²) in [6.45, 7) is 1.75. The van der Waals surface area contributed by atoms with E-state index >= 15 is 0 Å². The normalized spacial score (nSPS) is 14.5. The van der Waals surface area contributed by atoms with E-state index in [1.165, 1.54) is 6.42 Å². The molecule has 7 nitrogen and oxygen atoms in total. The Hall–Kier alpha value is -2.83. The summed E-state index contributed by atoms with van der Waals surface area (Å²) >= 11 is 0. The Bertz CT molecular complexity index is 825. The second-order valence-electron chi connectivity index (χ2n) is 7.11. The molecule has 2 N–H and O–H groups in total. The molecule has 0 aliphatic heterocycles. The van der Waals surface area contributed by atoms with Crippen LogP contribution in [0.5, 0.6) is 5.75 Å². The second-order valence-corrected chi connectivity index (χ2v) is 7.11. The molecule has 3 rings (SSSR count). The van der Waals surface area contributed by atoms with Gasteiger partial charge in [-0.15, -0.1) is 0 Å². The fraction of sp³-hybridized carbons (Fsp3) is 0.476. The summed E-state index contributed by atoms with van der Waals surface area (Å²) < 4.78 is 10.9. The van der Waals surface area contributed by atoms with Gasteiger partial charge in [0.25, 0.3) is 0 Å². The summed E-state index contributed by atoms with van der Waals surface area (Å²) in [6, 6.07) is 7.62. The van der Waals surface area contributed by atoms with Gasteiger partial charge < -0.3 is 19.8 Å². The molecule has 1 heterocycles. The number of carbonyl (C=O) groups excluding carboxylic acids is 2. The summed E-state index contributed by atoms with van der Waals surface area (Å²) in [5.74, 6) is 1.33. The van der Waals surface area contributed by atoms with Gasteiger partial charge in [0.2, 0.25) is 17.7 Å². The Kier molecular flexibility index (Phi) is 6.68. The average Bonchev–Trinajstić information content (AvgIpc) is 3.07. The number of oxazole rings is 1. The van der Waals surface area contributed by atoms with Gasteiger partial charge in [-0.1, -0.05) is 25.3 Å². The highest BCUT2D eigenvalue weighted by Crippen LogP contribution is 2.25. The summed E-state index contributed by atoms with van der Waals surface area (Å²) in [6.07, 6.45) is 5.64. The van der Waals surface area contributed by atoms with Crippen LogP contribution in [-0.2, 0) is 16.0 Å². The highest BCUT2D eigenvalue weighted by atomic mass is 16.5. The monoisotopic (exact) mass is 385 g/mol. The van der Waals surface area contributed by atoms with E-state index in [-0.39, 0.29) is 30.8 Å². The molecule has 0 saturated heterocycles. The van der Waals surface area contributed by atoms with E-state index in [1.54, 1.807) is 14.0 Å². The van der Waals surface area contributed by atoms with Gasteiger partial charge in [-0.05, 0) is 38.0 Å².